The summed E-state index contributed by atoms with van der Waals surface area (Å²) in [4.78, 5) is 4.41. The molecule has 20 heavy (non-hydrogen) atoms. The van der Waals surface area contributed by atoms with Gasteiger partial charge in [0.25, 0.3) is 0 Å². The van der Waals surface area contributed by atoms with Crippen LogP contribution in [-0.4, -0.2) is 10.1 Å². The number of para-hydroxylation sites is 1. The zero-order valence-corrected chi connectivity index (χ0v) is 11.0. The molecule has 1 heterocycles. The summed E-state index contributed by atoms with van der Waals surface area (Å²) < 4.78 is 5.79. The van der Waals surface area contributed by atoms with Gasteiger partial charge in [0.05, 0.1) is 12.1 Å². The Hall–Kier alpha value is -2.39. The second-order valence-electron chi connectivity index (χ2n) is 4.59. The molecular formula is C17H15NO2. The fourth-order valence-corrected chi connectivity index (χ4v) is 2.18. The molecule has 0 amide bonds. The highest BCUT2D eigenvalue weighted by Gasteiger charge is 2.03. The van der Waals surface area contributed by atoms with Gasteiger partial charge in [0.1, 0.15) is 12.4 Å². The molecule has 0 saturated heterocycles. The summed E-state index contributed by atoms with van der Waals surface area (Å²) in [6, 6.07) is 17.5. The number of nitrogens with zero attached hydrogens (tertiary/aromatic N) is 1. The summed E-state index contributed by atoms with van der Waals surface area (Å²) in [6.45, 7) is 0.482. The van der Waals surface area contributed by atoms with E-state index in [-0.39, 0.29) is 6.61 Å². The Morgan fingerprint density at radius 1 is 1.00 bits per heavy atom. The van der Waals surface area contributed by atoms with Crippen LogP contribution in [0.2, 0.25) is 0 Å². The Labute approximate surface area is 117 Å². The molecule has 2 aromatic carbocycles. The number of fused-ring (bicyclic) bond motifs is 1. The Kier molecular flexibility index (Phi) is 3.61. The molecule has 0 radical (unpaired) electrons. The lowest BCUT2D eigenvalue weighted by molar-refractivity contribution is 0.278. The van der Waals surface area contributed by atoms with Crippen LogP contribution in [0.15, 0.2) is 60.8 Å². The molecule has 100 valence electrons. The molecule has 0 spiro atoms. The van der Waals surface area contributed by atoms with Gasteiger partial charge in [0, 0.05) is 17.1 Å². The summed E-state index contributed by atoms with van der Waals surface area (Å²) in [5, 5.41) is 10.2. The number of hydrogen-bond donors (Lipinski definition) is 1. The van der Waals surface area contributed by atoms with Crippen molar-refractivity contribution in [1.82, 2.24) is 4.98 Å². The van der Waals surface area contributed by atoms with Crippen molar-refractivity contribution in [3.63, 3.8) is 0 Å². The van der Waals surface area contributed by atoms with Gasteiger partial charge in [-0.3, -0.25) is 4.98 Å². The first kappa shape index (κ1) is 12.6. The molecular weight excluding hydrogens is 250 g/mol. The SMILES string of the molecule is OCc1cccc(OCc2cccc3cccnc23)c1. The van der Waals surface area contributed by atoms with Crippen LogP contribution < -0.4 is 4.74 Å². The molecule has 0 saturated carbocycles. The second-order valence-corrected chi connectivity index (χ2v) is 4.59. The van der Waals surface area contributed by atoms with Gasteiger partial charge in [0.15, 0.2) is 0 Å². The predicted octanol–water partition coefficient (Wildman–Crippen LogP) is 3.31. The van der Waals surface area contributed by atoms with Gasteiger partial charge in [-0.2, -0.15) is 0 Å². The van der Waals surface area contributed by atoms with Crippen molar-refractivity contribution in [2.24, 2.45) is 0 Å². The van der Waals surface area contributed by atoms with E-state index in [4.69, 9.17) is 9.84 Å². The maximum Gasteiger partial charge on any atom is 0.120 e. The maximum atomic E-state index is 9.12. The summed E-state index contributed by atoms with van der Waals surface area (Å²) in [5.74, 6) is 0.754. The Balaban J connectivity index is 1.83. The Morgan fingerprint density at radius 3 is 2.75 bits per heavy atom. The van der Waals surface area contributed by atoms with E-state index in [1.54, 1.807) is 6.20 Å². The molecule has 1 N–H and O–H groups in total. The van der Waals surface area contributed by atoms with Crippen LogP contribution in [0, 0.1) is 0 Å². The van der Waals surface area contributed by atoms with Crippen molar-refractivity contribution in [1.29, 1.82) is 0 Å². The van der Waals surface area contributed by atoms with E-state index in [1.165, 1.54) is 0 Å². The van der Waals surface area contributed by atoms with Gasteiger partial charge in [0.2, 0.25) is 0 Å². The topological polar surface area (TPSA) is 42.4 Å². The zero-order chi connectivity index (χ0) is 13.8. The highest BCUT2D eigenvalue weighted by atomic mass is 16.5. The van der Waals surface area contributed by atoms with Gasteiger partial charge < -0.3 is 9.84 Å². The van der Waals surface area contributed by atoms with E-state index in [0.29, 0.717) is 6.61 Å². The number of pyridine rings is 1. The van der Waals surface area contributed by atoms with Crippen LogP contribution in [0.3, 0.4) is 0 Å². The van der Waals surface area contributed by atoms with E-state index in [2.05, 4.69) is 4.98 Å². The van der Waals surface area contributed by atoms with E-state index in [0.717, 1.165) is 27.8 Å². The minimum Gasteiger partial charge on any atom is -0.489 e. The lowest BCUT2D eigenvalue weighted by Gasteiger charge is -2.09. The van der Waals surface area contributed by atoms with Crippen LogP contribution in [0.25, 0.3) is 10.9 Å². The first-order valence-electron chi connectivity index (χ1n) is 6.52. The zero-order valence-electron chi connectivity index (χ0n) is 11.0. The van der Waals surface area contributed by atoms with Crippen molar-refractivity contribution >= 4 is 10.9 Å². The van der Waals surface area contributed by atoms with Crippen LogP contribution in [0.1, 0.15) is 11.1 Å². The first-order valence-corrected chi connectivity index (χ1v) is 6.52. The third kappa shape index (κ3) is 2.63. The number of hydrogen-bond acceptors (Lipinski definition) is 3. The van der Waals surface area contributed by atoms with E-state index in [1.807, 2.05) is 54.6 Å². The number of aliphatic hydroxyl groups is 1. The van der Waals surface area contributed by atoms with Crippen molar-refractivity contribution in [2.45, 2.75) is 13.2 Å². The van der Waals surface area contributed by atoms with Crippen LogP contribution in [-0.2, 0) is 13.2 Å². The second kappa shape index (κ2) is 5.72. The highest BCUT2D eigenvalue weighted by Crippen LogP contribution is 2.19. The average molecular weight is 265 g/mol. The molecule has 0 aliphatic heterocycles. The van der Waals surface area contributed by atoms with Crippen LogP contribution >= 0.6 is 0 Å². The molecule has 3 rings (SSSR count). The summed E-state index contributed by atoms with van der Waals surface area (Å²) in [6.07, 6.45) is 1.79. The Morgan fingerprint density at radius 2 is 1.85 bits per heavy atom. The molecule has 1 aromatic heterocycles. The van der Waals surface area contributed by atoms with Gasteiger partial charge in [-0.25, -0.2) is 0 Å². The maximum absolute atomic E-state index is 9.12. The molecule has 0 unspecified atom stereocenters. The largest absolute Gasteiger partial charge is 0.489 e. The van der Waals surface area contributed by atoms with Crippen molar-refractivity contribution in [2.75, 3.05) is 0 Å². The monoisotopic (exact) mass is 265 g/mol. The molecule has 0 bridgehead atoms. The standard InChI is InChI=1S/C17H15NO2/c19-11-13-4-1-8-16(10-13)20-12-15-6-2-5-14-7-3-9-18-17(14)15/h1-10,19H,11-12H2. The number of benzene rings is 2. The summed E-state index contributed by atoms with van der Waals surface area (Å²) in [5.41, 5.74) is 2.87. The predicted molar refractivity (Wildman–Crippen MR) is 78.4 cm³/mol. The van der Waals surface area contributed by atoms with E-state index in [9.17, 15) is 0 Å². The van der Waals surface area contributed by atoms with E-state index >= 15 is 0 Å². The van der Waals surface area contributed by atoms with Gasteiger partial charge in [-0.05, 0) is 23.8 Å². The van der Waals surface area contributed by atoms with E-state index < -0.39 is 0 Å². The van der Waals surface area contributed by atoms with Crippen LogP contribution in [0.5, 0.6) is 5.75 Å². The van der Waals surface area contributed by atoms with Gasteiger partial charge in [-0.1, -0.05) is 36.4 Å². The number of aromatic nitrogens is 1. The van der Waals surface area contributed by atoms with Gasteiger partial charge in [-0.15, -0.1) is 0 Å². The average Bonchev–Trinajstić information content (AvgIpc) is 2.53. The van der Waals surface area contributed by atoms with Crippen LogP contribution in [0.4, 0.5) is 0 Å². The Bertz CT molecular complexity index is 720. The fourth-order valence-electron chi connectivity index (χ4n) is 2.18. The third-order valence-corrected chi connectivity index (χ3v) is 3.19. The lowest BCUT2D eigenvalue weighted by atomic mass is 10.1. The number of ether oxygens (including phenoxy) is 1. The molecule has 3 aromatic rings. The molecule has 3 heteroatoms. The molecule has 0 aliphatic carbocycles. The van der Waals surface area contributed by atoms with Crippen molar-refractivity contribution in [3.05, 3.63) is 71.9 Å². The number of aliphatic hydroxyl groups excluding tert-OH is 1. The first-order chi connectivity index (χ1) is 9.86. The molecule has 0 atom stereocenters. The lowest BCUT2D eigenvalue weighted by Crippen LogP contribution is -1.98. The molecule has 0 aliphatic rings. The summed E-state index contributed by atoms with van der Waals surface area (Å²) in [7, 11) is 0. The highest BCUT2D eigenvalue weighted by molar-refractivity contribution is 5.81. The quantitative estimate of drug-likeness (QED) is 0.787. The van der Waals surface area contributed by atoms with Crippen molar-refractivity contribution in [3.8, 4) is 5.75 Å². The fraction of sp³-hybridized carbons (Fsp3) is 0.118. The van der Waals surface area contributed by atoms with Gasteiger partial charge >= 0.3 is 0 Å². The number of rotatable bonds is 4. The normalized spacial score (nSPS) is 10.7. The smallest absolute Gasteiger partial charge is 0.120 e. The minimum atomic E-state index is 0.0209. The molecule has 3 nitrogen and oxygen atoms in total. The molecule has 0 fully saturated rings. The summed E-state index contributed by atoms with van der Waals surface area (Å²) >= 11 is 0. The van der Waals surface area contributed by atoms with Crippen molar-refractivity contribution < 1.29 is 9.84 Å². The third-order valence-electron chi connectivity index (χ3n) is 3.19. The minimum absolute atomic E-state index is 0.0209.